The quantitative estimate of drug-likeness (QED) is 0.661. The minimum atomic E-state index is -1.08. The Kier molecular flexibility index (Phi) is 5.89. The molecule has 4 rings (SSSR count). The van der Waals surface area contributed by atoms with Gasteiger partial charge in [-0.15, -0.1) is 0 Å². The van der Waals surface area contributed by atoms with E-state index in [2.05, 4.69) is 21.7 Å². The van der Waals surface area contributed by atoms with E-state index in [1.807, 2.05) is 13.1 Å². The number of hydrogen-bond acceptors (Lipinski definition) is 4. The summed E-state index contributed by atoms with van der Waals surface area (Å²) >= 11 is 0. The van der Waals surface area contributed by atoms with E-state index in [9.17, 15) is 18.4 Å². The van der Waals surface area contributed by atoms with Crippen molar-refractivity contribution in [2.45, 2.75) is 44.8 Å². The van der Waals surface area contributed by atoms with Crippen LogP contribution >= 0.6 is 0 Å². The summed E-state index contributed by atoms with van der Waals surface area (Å²) in [5.41, 5.74) is 2.81. The fraction of sp³-hybridized carbons (Fsp3) is 0.435. The summed E-state index contributed by atoms with van der Waals surface area (Å²) in [4.78, 5) is 29.3. The van der Waals surface area contributed by atoms with Crippen LogP contribution in [0.4, 0.5) is 14.6 Å². The first-order chi connectivity index (χ1) is 14.9. The van der Waals surface area contributed by atoms with Crippen molar-refractivity contribution in [1.82, 2.24) is 14.9 Å². The van der Waals surface area contributed by atoms with Gasteiger partial charge in [0.05, 0.1) is 18.1 Å². The van der Waals surface area contributed by atoms with Crippen LogP contribution in [-0.4, -0.2) is 34.3 Å². The fourth-order valence-corrected chi connectivity index (χ4v) is 3.94. The molecule has 3 heterocycles. The first-order valence-electron chi connectivity index (χ1n) is 10.5. The predicted molar refractivity (Wildman–Crippen MR) is 117 cm³/mol. The number of aromatic nitrogens is 2. The van der Waals surface area contributed by atoms with Gasteiger partial charge in [0.25, 0.3) is 5.56 Å². The number of rotatable bonds is 7. The molecule has 1 amide bonds. The highest BCUT2D eigenvalue weighted by Crippen LogP contribution is 2.34. The van der Waals surface area contributed by atoms with E-state index >= 15 is 0 Å². The van der Waals surface area contributed by atoms with Gasteiger partial charge in [-0.3, -0.25) is 14.0 Å². The lowest BCUT2D eigenvalue weighted by atomic mass is 9.94. The molecule has 0 aromatic carbocycles. The number of carbonyl (C=O) groups excluding carboxylic acids is 1. The molecule has 3 atom stereocenters. The molecule has 2 N–H and O–H groups in total. The van der Waals surface area contributed by atoms with Crippen molar-refractivity contribution in [2.24, 2.45) is 13.0 Å². The van der Waals surface area contributed by atoms with Gasteiger partial charge in [0.2, 0.25) is 5.91 Å². The Balaban J connectivity index is 1.59. The molecule has 31 heavy (non-hydrogen) atoms. The van der Waals surface area contributed by atoms with Crippen molar-refractivity contribution in [3.05, 3.63) is 52.1 Å². The number of nitrogens with one attached hydrogen (secondary N) is 2. The zero-order valence-corrected chi connectivity index (χ0v) is 17.6. The number of halogens is 2. The second-order valence-electron chi connectivity index (χ2n) is 8.26. The van der Waals surface area contributed by atoms with Crippen LogP contribution < -0.4 is 16.2 Å². The van der Waals surface area contributed by atoms with Gasteiger partial charge in [-0.2, -0.15) is 0 Å². The predicted octanol–water partition coefficient (Wildman–Crippen LogP) is 3.63. The zero-order valence-electron chi connectivity index (χ0n) is 17.6. The van der Waals surface area contributed by atoms with E-state index < -0.39 is 12.1 Å². The lowest BCUT2D eigenvalue weighted by molar-refractivity contribution is -0.117. The number of hydrogen-bond donors (Lipinski definition) is 2. The normalized spacial score (nSPS) is 22.5. The summed E-state index contributed by atoms with van der Waals surface area (Å²) < 4.78 is 27.0. The molecule has 2 aliphatic rings. The van der Waals surface area contributed by atoms with Crippen LogP contribution in [0.3, 0.4) is 0 Å². The van der Waals surface area contributed by atoms with Crippen LogP contribution in [-0.2, 0) is 11.8 Å². The van der Waals surface area contributed by atoms with Crippen LogP contribution in [0.25, 0.3) is 16.5 Å². The molecule has 1 aliphatic carbocycles. The number of amides is 1. The lowest BCUT2D eigenvalue weighted by Crippen LogP contribution is -2.28. The van der Waals surface area contributed by atoms with Crippen LogP contribution in [0.2, 0.25) is 0 Å². The smallest absolute Gasteiger partial charge is 0.258 e. The lowest BCUT2D eigenvalue weighted by Gasteiger charge is -2.22. The van der Waals surface area contributed by atoms with E-state index in [-0.39, 0.29) is 30.6 Å². The molecule has 0 radical (unpaired) electrons. The van der Waals surface area contributed by atoms with Gasteiger partial charge in [0.15, 0.2) is 0 Å². The van der Waals surface area contributed by atoms with Crippen molar-refractivity contribution >= 4 is 28.2 Å². The molecule has 0 saturated heterocycles. The Hall–Kier alpha value is -3.03. The van der Waals surface area contributed by atoms with Gasteiger partial charge in [-0.25, -0.2) is 9.37 Å². The third-order valence-electron chi connectivity index (χ3n) is 5.92. The number of unbranched alkanes of at least 4 members (excludes halogenated alkanes) is 1. The van der Waals surface area contributed by atoms with Crippen LogP contribution in [0.15, 0.2) is 41.0 Å². The molecule has 8 heteroatoms. The highest BCUT2D eigenvalue weighted by Gasteiger charge is 2.43. The molecule has 0 spiro atoms. The van der Waals surface area contributed by atoms with Gasteiger partial charge < -0.3 is 15.2 Å². The van der Waals surface area contributed by atoms with Gasteiger partial charge in [0.1, 0.15) is 12.0 Å². The summed E-state index contributed by atoms with van der Waals surface area (Å²) in [6.07, 6.45) is 6.88. The summed E-state index contributed by atoms with van der Waals surface area (Å²) in [6, 6.07) is 3.55. The maximum absolute atomic E-state index is 13.1. The molecule has 6 nitrogen and oxygen atoms in total. The summed E-state index contributed by atoms with van der Waals surface area (Å²) in [5.74, 6) is -0.698. The van der Waals surface area contributed by atoms with E-state index in [0.717, 1.165) is 29.4 Å². The number of aryl methyl sites for hydroxylation is 1. The number of alkyl halides is 2. The maximum atomic E-state index is 13.1. The molecule has 0 bridgehead atoms. The number of dihydropyridines is 1. The number of allylic oxidation sites excluding steroid dienone is 2. The SMILES string of the molecule is CC1=CC(CCCCF)NC=C1c1cc2cnc(NC(=O)C3CC3F)cc2n(C)c1=O. The second-order valence-corrected chi connectivity index (χ2v) is 8.26. The Morgan fingerprint density at radius 1 is 1.35 bits per heavy atom. The third kappa shape index (κ3) is 4.38. The summed E-state index contributed by atoms with van der Waals surface area (Å²) in [6.45, 7) is 1.66. The number of pyridine rings is 2. The van der Waals surface area contributed by atoms with Crippen LogP contribution in [0, 0.1) is 5.92 Å². The third-order valence-corrected chi connectivity index (χ3v) is 5.92. The number of fused-ring (bicyclic) bond motifs is 1. The number of anilines is 1. The van der Waals surface area contributed by atoms with Crippen molar-refractivity contribution < 1.29 is 13.6 Å². The Bertz CT molecular complexity index is 1140. The highest BCUT2D eigenvalue weighted by atomic mass is 19.1. The average molecular weight is 428 g/mol. The topological polar surface area (TPSA) is 76.0 Å². The minimum Gasteiger partial charge on any atom is -0.384 e. The van der Waals surface area contributed by atoms with Crippen molar-refractivity contribution in [3.63, 3.8) is 0 Å². The molecule has 2 aromatic rings. The van der Waals surface area contributed by atoms with Crippen molar-refractivity contribution in [3.8, 4) is 0 Å². The average Bonchev–Trinajstić information content (AvgIpc) is 3.48. The van der Waals surface area contributed by atoms with Crippen molar-refractivity contribution in [2.75, 3.05) is 12.0 Å². The molecule has 3 unspecified atom stereocenters. The summed E-state index contributed by atoms with van der Waals surface area (Å²) in [7, 11) is 1.67. The van der Waals surface area contributed by atoms with Crippen LogP contribution in [0.5, 0.6) is 0 Å². The Morgan fingerprint density at radius 2 is 2.13 bits per heavy atom. The van der Waals surface area contributed by atoms with E-state index in [4.69, 9.17) is 0 Å². The minimum absolute atomic E-state index is 0.128. The first kappa shape index (κ1) is 21.2. The standard InChI is InChI=1S/C23H26F2N4O2/c1-13-7-15(5-3-4-6-24)26-12-18(13)16-8-14-11-27-21(10-20(14)29(2)23(16)31)28-22(30)17-9-19(17)25/h7-8,10-12,15,17,19,26H,3-6,9H2,1-2H3,(H,27,28,30). The molecular weight excluding hydrogens is 402 g/mol. The van der Waals surface area contributed by atoms with Gasteiger partial charge >= 0.3 is 0 Å². The highest BCUT2D eigenvalue weighted by molar-refractivity contribution is 5.96. The second kappa shape index (κ2) is 8.61. The Labute approximate surface area is 179 Å². The molecule has 1 saturated carbocycles. The van der Waals surface area contributed by atoms with E-state index in [0.29, 0.717) is 23.3 Å². The monoisotopic (exact) mass is 428 g/mol. The largest absolute Gasteiger partial charge is 0.384 e. The molecule has 164 valence electrons. The molecule has 2 aromatic heterocycles. The summed E-state index contributed by atoms with van der Waals surface area (Å²) in [5, 5.41) is 6.68. The molecule has 1 aliphatic heterocycles. The maximum Gasteiger partial charge on any atom is 0.258 e. The van der Waals surface area contributed by atoms with Gasteiger partial charge in [-0.05, 0) is 44.2 Å². The van der Waals surface area contributed by atoms with E-state index in [1.165, 1.54) is 4.57 Å². The van der Waals surface area contributed by atoms with E-state index in [1.54, 1.807) is 25.4 Å². The number of nitrogens with zero attached hydrogens (tertiary/aromatic N) is 2. The van der Waals surface area contributed by atoms with Gasteiger partial charge in [-0.1, -0.05) is 6.08 Å². The number of carbonyl (C=O) groups is 1. The fourth-order valence-electron chi connectivity index (χ4n) is 3.94. The van der Waals surface area contributed by atoms with Crippen LogP contribution in [0.1, 0.15) is 38.2 Å². The first-order valence-corrected chi connectivity index (χ1v) is 10.5. The van der Waals surface area contributed by atoms with Crippen molar-refractivity contribution in [1.29, 1.82) is 0 Å². The van der Waals surface area contributed by atoms with Gasteiger partial charge in [0, 0.05) is 48.1 Å². The molecular formula is C23H26F2N4O2. The Morgan fingerprint density at radius 3 is 2.81 bits per heavy atom. The zero-order chi connectivity index (χ0) is 22.1. The molecule has 1 fully saturated rings.